The summed E-state index contributed by atoms with van der Waals surface area (Å²) in [5, 5.41) is 11.8. The molecule has 4 nitrogen and oxygen atoms in total. The second-order valence-electron chi connectivity index (χ2n) is 5.39. The summed E-state index contributed by atoms with van der Waals surface area (Å²) < 4.78 is 19.0. The van der Waals surface area contributed by atoms with E-state index in [0.717, 1.165) is 19.3 Å². The lowest BCUT2D eigenvalue weighted by Gasteiger charge is -2.26. The Balaban J connectivity index is 1.83. The minimum Gasteiger partial charge on any atom is -0.506 e. The molecule has 1 aromatic carbocycles. The van der Waals surface area contributed by atoms with Crippen LogP contribution in [0.15, 0.2) is 18.2 Å². The fourth-order valence-electron chi connectivity index (χ4n) is 2.54. The van der Waals surface area contributed by atoms with E-state index in [1.807, 2.05) is 0 Å². The van der Waals surface area contributed by atoms with Crippen LogP contribution in [0.4, 0.5) is 10.1 Å². The van der Waals surface area contributed by atoms with Crippen molar-refractivity contribution in [1.29, 1.82) is 0 Å². The van der Waals surface area contributed by atoms with Gasteiger partial charge in [-0.15, -0.1) is 0 Å². The molecule has 2 N–H and O–H groups in total. The fourth-order valence-corrected chi connectivity index (χ4v) is 2.54. The van der Waals surface area contributed by atoms with Crippen molar-refractivity contribution < 1.29 is 19.0 Å². The van der Waals surface area contributed by atoms with Crippen LogP contribution in [0.3, 0.4) is 0 Å². The van der Waals surface area contributed by atoms with Crippen molar-refractivity contribution in [3.63, 3.8) is 0 Å². The van der Waals surface area contributed by atoms with Gasteiger partial charge in [-0.05, 0) is 30.9 Å². The Kier molecular flexibility index (Phi) is 4.95. The molecule has 0 radical (unpaired) electrons. The summed E-state index contributed by atoms with van der Waals surface area (Å²) in [5.41, 5.74) is -0.196. The second-order valence-corrected chi connectivity index (χ2v) is 5.39. The highest BCUT2D eigenvalue weighted by Gasteiger charge is 2.20. The topological polar surface area (TPSA) is 58.6 Å². The Morgan fingerprint density at radius 2 is 2.30 bits per heavy atom. The first-order valence-corrected chi connectivity index (χ1v) is 6.95. The molecule has 0 aliphatic heterocycles. The molecule has 2 rings (SSSR count). The van der Waals surface area contributed by atoms with Crippen molar-refractivity contribution in [3.8, 4) is 5.75 Å². The summed E-state index contributed by atoms with van der Waals surface area (Å²) in [6, 6.07) is 3.88. The van der Waals surface area contributed by atoms with Crippen LogP contribution in [0.25, 0.3) is 0 Å². The molecule has 1 saturated carbocycles. The summed E-state index contributed by atoms with van der Waals surface area (Å²) in [6.07, 6.45) is 4.33. The zero-order valence-electron chi connectivity index (χ0n) is 11.6. The number of ether oxygens (including phenoxy) is 1. The molecule has 2 atom stereocenters. The Morgan fingerprint density at radius 3 is 3.00 bits per heavy atom. The van der Waals surface area contributed by atoms with Crippen molar-refractivity contribution in [2.75, 3.05) is 11.9 Å². The van der Waals surface area contributed by atoms with Crippen LogP contribution in [-0.2, 0) is 9.53 Å². The highest BCUT2D eigenvalue weighted by atomic mass is 19.1. The molecule has 0 saturated heterocycles. The van der Waals surface area contributed by atoms with E-state index in [2.05, 4.69) is 12.2 Å². The zero-order valence-corrected chi connectivity index (χ0v) is 11.6. The fraction of sp³-hybridized carbons (Fsp3) is 0.533. The number of benzene rings is 1. The summed E-state index contributed by atoms with van der Waals surface area (Å²) in [5.74, 6) is -0.787. The Labute approximate surface area is 117 Å². The van der Waals surface area contributed by atoms with Gasteiger partial charge in [-0.2, -0.15) is 0 Å². The van der Waals surface area contributed by atoms with E-state index in [-0.39, 0.29) is 24.1 Å². The number of phenols is 1. The first kappa shape index (κ1) is 14.8. The van der Waals surface area contributed by atoms with Crippen LogP contribution in [0, 0.1) is 11.7 Å². The zero-order chi connectivity index (χ0) is 14.5. The molecule has 1 aromatic rings. The number of carbonyl (C=O) groups is 1. The summed E-state index contributed by atoms with van der Waals surface area (Å²) in [6.45, 7) is 2.05. The molecule has 1 aliphatic rings. The molecule has 0 bridgehead atoms. The Hall–Kier alpha value is -1.62. The van der Waals surface area contributed by atoms with Crippen LogP contribution in [0.2, 0.25) is 0 Å². The lowest BCUT2D eigenvalue weighted by atomic mass is 9.89. The predicted octanol–water partition coefficient (Wildman–Crippen LogP) is 3.07. The molecule has 0 spiro atoms. The van der Waals surface area contributed by atoms with Crippen LogP contribution < -0.4 is 5.32 Å². The molecule has 0 heterocycles. The molecule has 2 unspecified atom stereocenters. The van der Waals surface area contributed by atoms with Crippen LogP contribution in [0.5, 0.6) is 5.75 Å². The molecule has 1 amide bonds. The third-order valence-electron chi connectivity index (χ3n) is 3.59. The number of amides is 1. The summed E-state index contributed by atoms with van der Waals surface area (Å²) in [7, 11) is 0. The molecule has 20 heavy (non-hydrogen) atoms. The lowest BCUT2D eigenvalue weighted by Crippen LogP contribution is -2.27. The van der Waals surface area contributed by atoms with E-state index in [0.29, 0.717) is 5.92 Å². The van der Waals surface area contributed by atoms with E-state index in [1.165, 1.54) is 24.6 Å². The number of halogens is 1. The van der Waals surface area contributed by atoms with Gasteiger partial charge in [0.1, 0.15) is 18.0 Å². The van der Waals surface area contributed by atoms with E-state index in [4.69, 9.17) is 4.74 Å². The highest BCUT2D eigenvalue weighted by molar-refractivity contribution is 5.93. The molecule has 110 valence electrons. The molecule has 5 heteroatoms. The number of hydrogen-bond acceptors (Lipinski definition) is 3. The number of rotatable bonds is 4. The quantitative estimate of drug-likeness (QED) is 0.834. The Morgan fingerprint density at radius 1 is 1.50 bits per heavy atom. The van der Waals surface area contributed by atoms with Crippen molar-refractivity contribution in [2.24, 2.45) is 5.92 Å². The summed E-state index contributed by atoms with van der Waals surface area (Å²) >= 11 is 0. The number of aromatic hydroxyl groups is 1. The van der Waals surface area contributed by atoms with Crippen molar-refractivity contribution in [2.45, 2.75) is 38.7 Å². The third-order valence-corrected chi connectivity index (χ3v) is 3.59. The number of nitrogens with one attached hydrogen (secondary N) is 1. The summed E-state index contributed by atoms with van der Waals surface area (Å²) in [4.78, 5) is 11.7. The smallest absolute Gasteiger partial charge is 0.250 e. The molecular formula is C15H20FNO3. The molecule has 1 aliphatic carbocycles. The van der Waals surface area contributed by atoms with Crippen molar-refractivity contribution in [3.05, 3.63) is 24.0 Å². The SMILES string of the molecule is CC1CCCC(OCC(=O)Nc2c(O)cccc2F)C1. The maximum absolute atomic E-state index is 13.4. The third kappa shape index (κ3) is 3.93. The van der Waals surface area contributed by atoms with Gasteiger partial charge >= 0.3 is 0 Å². The molecule has 0 aromatic heterocycles. The normalized spacial score (nSPS) is 22.5. The van der Waals surface area contributed by atoms with E-state index >= 15 is 0 Å². The van der Waals surface area contributed by atoms with Gasteiger partial charge in [-0.25, -0.2) is 4.39 Å². The van der Waals surface area contributed by atoms with Crippen LogP contribution >= 0.6 is 0 Å². The number of phenolic OH excluding ortho intramolecular Hbond substituents is 1. The first-order valence-electron chi connectivity index (χ1n) is 6.95. The van der Waals surface area contributed by atoms with Crippen LogP contribution in [-0.4, -0.2) is 23.7 Å². The van der Waals surface area contributed by atoms with E-state index < -0.39 is 11.7 Å². The van der Waals surface area contributed by atoms with Gasteiger partial charge in [0.2, 0.25) is 0 Å². The minimum absolute atomic E-state index is 0.0960. The second kappa shape index (κ2) is 6.70. The lowest BCUT2D eigenvalue weighted by molar-refractivity contribution is -0.123. The average Bonchev–Trinajstić information content (AvgIpc) is 2.41. The largest absolute Gasteiger partial charge is 0.506 e. The number of carbonyl (C=O) groups excluding carboxylic acids is 1. The standard InChI is InChI=1S/C15H20FNO3/c1-10-4-2-5-11(8-10)20-9-14(19)17-15-12(16)6-3-7-13(15)18/h3,6-7,10-11,18H,2,4-5,8-9H2,1H3,(H,17,19). The maximum atomic E-state index is 13.4. The average molecular weight is 281 g/mol. The van der Waals surface area contributed by atoms with Gasteiger partial charge in [0.05, 0.1) is 6.10 Å². The van der Waals surface area contributed by atoms with Gasteiger partial charge in [0, 0.05) is 0 Å². The minimum atomic E-state index is -0.662. The number of hydrogen-bond donors (Lipinski definition) is 2. The maximum Gasteiger partial charge on any atom is 0.250 e. The monoisotopic (exact) mass is 281 g/mol. The first-order chi connectivity index (χ1) is 9.56. The van der Waals surface area contributed by atoms with Gasteiger partial charge < -0.3 is 15.2 Å². The van der Waals surface area contributed by atoms with Crippen LogP contribution in [0.1, 0.15) is 32.6 Å². The van der Waals surface area contributed by atoms with Crippen molar-refractivity contribution >= 4 is 11.6 Å². The number of para-hydroxylation sites is 1. The van der Waals surface area contributed by atoms with Gasteiger partial charge in [-0.1, -0.05) is 25.8 Å². The molecule has 1 fully saturated rings. The van der Waals surface area contributed by atoms with Gasteiger partial charge in [0.25, 0.3) is 5.91 Å². The van der Waals surface area contributed by atoms with Crippen molar-refractivity contribution in [1.82, 2.24) is 0 Å². The van der Waals surface area contributed by atoms with Gasteiger partial charge in [-0.3, -0.25) is 4.79 Å². The van der Waals surface area contributed by atoms with E-state index in [9.17, 15) is 14.3 Å². The van der Waals surface area contributed by atoms with Gasteiger partial charge in [0.15, 0.2) is 5.82 Å². The number of anilines is 1. The highest BCUT2D eigenvalue weighted by Crippen LogP contribution is 2.27. The Bertz CT molecular complexity index is 458. The van der Waals surface area contributed by atoms with E-state index in [1.54, 1.807) is 0 Å². The molecular weight excluding hydrogens is 261 g/mol. The predicted molar refractivity (Wildman–Crippen MR) is 74.1 cm³/mol.